The van der Waals surface area contributed by atoms with Crippen LogP contribution in [-0.2, 0) is 0 Å². The monoisotopic (exact) mass is 284 g/mol. The molecule has 3 N–H and O–H groups in total. The number of nitrogens with two attached hydrogens (primary N) is 1. The van der Waals surface area contributed by atoms with Gasteiger partial charge in [0, 0.05) is 18.2 Å². The van der Waals surface area contributed by atoms with E-state index in [1.54, 1.807) is 20.3 Å². The van der Waals surface area contributed by atoms with Gasteiger partial charge in [-0.05, 0) is 25.3 Å². The highest BCUT2D eigenvalue weighted by molar-refractivity contribution is 6.32. The lowest BCUT2D eigenvalue weighted by molar-refractivity contribution is 0.403. The molecule has 0 heterocycles. The van der Waals surface area contributed by atoms with Crippen LogP contribution in [0.15, 0.2) is 12.1 Å². The molecular weight excluding hydrogens is 264 g/mol. The van der Waals surface area contributed by atoms with Gasteiger partial charge < -0.3 is 20.5 Å². The average Bonchev–Trinajstić information content (AvgIpc) is 2.87. The molecular formula is C14H21ClN2O2. The first kappa shape index (κ1) is 14.3. The summed E-state index contributed by atoms with van der Waals surface area (Å²) in [7, 11) is 3.24. The van der Waals surface area contributed by atoms with Crippen molar-refractivity contribution in [3.05, 3.63) is 17.2 Å². The van der Waals surface area contributed by atoms with Crippen molar-refractivity contribution in [1.29, 1.82) is 0 Å². The third kappa shape index (κ3) is 3.07. The number of hydrogen-bond acceptors (Lipinski definition) is 4. The SMILES string of the molecule is COc1cc(NC2CCCC2CN)c(OC)cc1Cl. The molecule has 0 aliphatic heterocycles. The van der Waals surface area contributed by atoms with Crippen LogP contribution >= 0.6 is 11.6 Å². The molecule has 2 unspecified atom stereocenters. The van der Waals surface area contributed by atoms with Crippen molar-refractivity contribution in [3.63, 3.8) is 0 Å². The van der Waals surface area contributed by atoms with Gasteiger partial charge in [-0.15, -0.1) is 0 Å². The minimum absolute atomic E-state index is 0.393. The Kier molecular flexibility index (Phi) is 4.77. The van der Waals surface area contributed by atoms with Gasteiger partial charge in [-0.1, -0.05) is 18.0 Å². The van der Waals surface area contributed by atoms with Crippen molar-refractivity contribution < 1.29 is 9.47 Å². The smallest absolute Gasteiger partial charge is 0.143 e. The van der Waals surface area contributed by atoms with Gasteiger partial charge in [-0.25, -0.2) is 0 Å². The number of benzene rings is 1. The van der Waals surface area contributed by atoms with Crippen molar-refractivity contribution in [2.24, 2.45) is 11.7 Å². The maximum absolute atomic E-state index is 6.10. The number of anilines is 1. The third-order valence-corrected chi connectivity index (χ3v) is 4.07. The Morgan fingerprint density at radius 1 is 1.26 bits per heavy atom. The van der Waals surface area contributed by atoms with Crippen LogP contribution in [0, 0.1) is 5.92 Å². The van der Waals surface area contributed by atoms with Crippen LogP contribution in [0.1, 0.15) is 19.3 Å². The van der Waals surface area contributed by atoms with Gasteiger partial charge in [0.1, 0.15) is 11.5 Å². The number of ether oxygens (including phenoxy) is 2. The van der Waals surface area contributed by atoms with E-state index in [0.29, 0.717) is 29.3 Å². The Labute approximate surface area is 119 Å². The van der Waals surface area contributed by atoms with Gasteiger partial charge in [0.2, 0.25) is 0 Å². The lowest BCUT2D eigenvalue weighted by Crippen LogP contribution is -2.29. The molecule has 0 bridgehead atoms. The predicted octanol–water partition coefficient (Wildman–Crippen LogP) is 2.90. The van der Waals surface area contributed by atoms with Crippen LogP contribution < -0.4 is 20.5 Å². The first-order valence-electron chi connectivity index (χ1n) is 6.57. The zero-order valence-electron chi connectivity index (χ0n) is 11.4. The van der Waals surface area contributed by atoms with Crippen LogP contribution in [-0.4, -0.2) is 26.8 Å². The van der Waals surface area contributed by atoms with Gasteiger partial charge in [0.05, 0.1) is 24.9 Å². The molecule has 5 heteroatoms. The minimum Gasteiger partial charge on any atom is -0.495 e. The second-order valence-corrected chi connectivity index (χ2v) is 5.27. The van der Waals surface area contributed by atoms with Gasteiger partial charge in [-0.2, -0.15) is 0 Å². The molecule has 2 atom stereocenters. The summed E-state index contributed by atoms with van der Waals surface area (Å²) >= 11 is 6.10. The number of hydrogen-bond donors (Lipinski definition) is 2. The van der Waals surface area contributed by atoms with Crippen molar-refractivity contribution in [2.45, 2.75) is 25.3 Å². The third-order valence-electron chi connectivity index (χ3n) is 3.78. The molecule has 0 aromatic heterocycles. The van der Waals surface area contributed by atoms with Gasteiger partial charge in [0.15, 0.2) is 0 Å². The molecule has 1 saturated carbocycles. The van der Waals surface area contributed by atoms with Gasteiger partial charge in [-0.3, -0.25) is 0 Å². The standard InChI is InChI=1S/C14H21ClN2O2/c1-18-13-7-12(14(19-2)6-10(13)15)17-11-5-3-4-9(11)8-16/h6-7,9,11,17H,3-5,8,16H2,1-2H3. The number of rotatable bonds is 5. The molecule has 1 aromatic rings. The van der Waals surface area contributed by atoms with Crippen molar-refractivity contribution in [1.82, 2.24) is 0 Å². The average molecular weight is 285 g/mol. The second kappa shape index (κ2) is 6.35. The molecule has 4 nitrogen and oxygen atoms in total. The molecule has 0 spiro atoms. The molecule has 1 aliphatic carbocycles. The Morgan fingerprint density at radius 2 is 2.00 bits per heavy atom. The molecule has 0 saturated heterocycles. The lowest BCUT2D eigenvalue weighted by Gasteiger charge is -2.22. The van der Waals surface area contributed by atoms with E-state index in [9.17, 15) is 0 Å². The molecule has 106 valence electrons. The molecule has 2 rings (SSSR count). The van der Waals surface area contributed by atoms with E-state index in [0.717, 1.165) is 17.9 Å². The van der Waals surface area contributed by atoms with Crippen LogP contribution in [0.5, 0.6) is 11.5 Å². The maximum atomic E-state index is 6.10. The molecule has 1 aliphatic rings. The van der Waals surface area contributed by atoms with Crippen molar-refractivity contribution in [3.8, 4) is 11.5 Å². The highest BCUT2D eigenvalue weighted by Gasteiger charge is 2.26. The summed E-state index contributed by atoms with van der Waals surface area (Å²) in [4.78, 5) is 0. The van der Waals surface area contributed by atoms with E-state index < -0.39 is 0 Å². The minimum atomic E-state index is 0.393. The van der Waals surface area contributed by atoms with Gasteiger partial charge in [0.25, 0.3) is 0 Å². The van der Waals surface area contributed by atoms with Crippen LogP contribution in [0.3, 0.4) is 0 Å². The molecule has 0 radical (unpaired) electrons. The molecule has 1 aromatic carbocycles. The number of halogens is 1. The van der Waals surface area contributed by atoms with Crippen LogP contribution in [0.25, 0.3) is 0 Å². The first-order chi connectivity index (χ1) is 9.19. The quantitative estimate of drug-likeness (QED) is 0.873. The zero-order chi connectivity index (χ0) is 13.8. The summed E-state index contributed by atoms with van der Waals surface area (Å²) in [5.41, 5.74) is 6.72. The summed E-state index contributed by atoms with van der Waals surface area (Å²) in [6.07, 6.45) is 3.53. The Balaban J connectivity index is 2.23. The molecule has 1 fully saturated rings. The fourth-order valence-corrected chi connectivity index (χ4v) is 2.91. The summed E-state index contributed by atoms with van der Waals surface area (Å²) in [5.74, 6) is 1.90. The maximum Gasteiger partial charge on any atom is 0.143 e. The Morgan fingerprint density at radius 3 is 2.63 bits per heavy atom. The summed E-state index contributed by atoms with van der Waals surface area (Å²) in [5, 5.41) is 4.07. The van der Waals surface area contributed by atoms with E-state index in [4.69, 9.17) is 26.8 Å². The zero-order valence-corrected chi connectivity index (χ0v) is 12.2. The normalized spacial score (nSPS) is 22.3. The van der Waals surface area contributed by atoms with Gasteiger partial charge >= 0.3 is 0 Å². The van der Waals surface area contributed by atoms with E-state index in [1.807, 2.05) is 6.07 Å². The largest absolute Gasteiger partial charge is 0.495 e. The number of methoxy groups -OCH3 is 2. The van der Waals surface area contributed by atoms with E-state index in [2.05, 4.69) is 5.32 Å². The summed E-state index contributed by atoms with van der Waals surface area (Å²) in [6, 6.07) is 4.05. The van der Waals surface area contributed by atoms with Crippen molar-refractivity contribution >= 4 is 17.3 Å². The lowest BCUT2D eigenvalue weighted by atomic mass is 10.0. The summed E-state index contributed by atoms with van der Waals surface area (Å²) < 4.78 is 10.6. The molecule has 19 heavy (non-hydrogen) atoms. The van der Waals surface area contributed by atoms with Crippen LogP contribution in [0.4, 0.5) is 5.69 Å². The topological polar surface area (TPSA) is 56.5 Å². The summed E-state index contributed by atoms with van der Waals surface area (Å²) in [6.45, 7) is 0.713. The fraction of sp³-hybridized carbons (Fsp3) is 0.571. The highest BCUT2D eigenvalue weighted by atomic mass is 35.5. The van der Waals surface area contributed by atoms with Crippen LogP contribution in [0.2, 0.25) is 5.02 Å². The Bertz CT molecular complexity index is 440. The highest BCUT2D eigenvalue weighted by Crippen LogP contribution is 2.38. The number of nitrogens with one attached hydrogen (secondary N) is 1. The van der Waals surface area contributed by atoms with E-state index in [1.165, 1.54) is 12.8 Å². The van der Waals surface area contributed by atoms with E-state index >= 15 is 0 Å². The van der Waals surface area contributed by atoms with Crippen molar-refractivity contribution in [2.75, 3.05) is 26.1 Å². The fourth-order valence-electron chi connectivity index (χ4n) is 2.68. The van der Waals surface area contributed by atoms with E-state index in [-0.39, 0.29) is 0 Å². The molecule has 0 amide bonds. The second-order valence-electron chi connectivity index (χ2n) is 4.86. The first-order valence-corrected chi connectivity index (χ1v) is 6.95. The Hall–Kier alpha value is -1.13. The predicted molar refractivity (Wildman–Crippen MR) is 78.4 cm³/mol.